The van der Waals surface area contributed by atoms with Gasteiger partial charge >= 0.3 is 6.18 Å². The standard InChI is InChI=1S/C18H17F4NO/c1-17(2,3)13-8-4-6-11(16(13)24)10-23-14-9-5-7-12(15(14)19)18(20,21)22/h4-10,24H,1-3H3. The highest BCUT2D eigenvalue weighted by molar-refractivity contribution is 5.86. The van der Waals surface area contributed by atoms with Crippen molar-refractivity contribution >= 4 is 11.9 Å². The Hall–Kier alpha value is -2.37. The number of halogens is 4. The minimum Gasteiger partial charge on any atom is -0.507 e. The van der Waals surface area contributed by atoms with Gasteiger partial charge in [-0.25, -0.2) is 4.39 Å². The Bertz CT molecular complexity index is 708. The fourth-order valence-electron chi connectivity index (χ4n) is 2.25. The third kappa shape index (κ3) is 3.75. The first-order valence-electron chi connectivity index (χ1n) is 7.24. The number of phenolic OH excluding ortho intramolecular Hbond substituents is 1. The average Bonchev–Trinajstić information content (AvgIpc) is 2.45. The first-order valence-corrected chi connectivity index (χ1v) is 7.24. The molecule has 0 heterocycles. The molecule has 0 atom stereocenters. The van der Waals surface area contributed by atoms with Crippen LogP contribution in [0.25, 0.3) is 0 Å². The second-order valence-corrected chi connectivity index (χ2v) is 6.39. The normalized spacial score (nSPS) is 12.8. The molecule has 0 saturated heterocycles. The molecule has 0 amide bonds. The van der Waals surface area contributed by atoms with E-state index in [0.29, 0.717) is 17.2 Å². The molecule has 2 aromatic rings. The Morgan fingerprint density at radius 1 is 0.958 bits per heavy atom. The van der Waals surface area contributed by atoms with Gasteiger partial charge in [0.25, 0.3) is 0 Å². The van der Waals surface area contributed by atoms with E-state index in [2.05, 4.69) is 4.99 Å². The van der Waals surface area contributed by atoms with Crippen LogP contribution in [-0.2, 0) is 11.6 Å². The van der Waals surface area contributed by atoms with Crippen LogP contribution in [0.2, 0.25) is 0 Å². The minimum atomic E-state index is -4.79. The van der Waals surface area contributed by atoms with Crippen LogP contribution in [0.3, 0.4) is 0 Å². The molecule has 2 nitrogen and oxygen atoms in total. The number of aliphatic imine (C=N–C) groups is 1. The number of phenols is 1. The molecule has 0 spiro atoms. The number of hydrogen-bond donors (Lipinski definition) is 1. The molecule has 0 aromatic heterocycles. The maximum absolute atomic E-state index is 13.9. The summed E-state index contributed by atoms with van der Waals surface area (Å²) in [6.07, 6.45) is -3.63. The molecule has 0 saturated carbocycles. The van der Waals surface area contributed by atoms with Crippen LogP contribution in [0.5, 0.6) is 5.75 Å². The molecule has 0 aliphatic carbocycles. The van der Waals surface area contributed by atoms with E-state index in [-0.39, 0.29) is 11.2 Å². The summed E-state index contributed by atoms with van der Waals surface area (Å²) < 4.78 is 52.1. The molecule has 6 heteroatoms. The first kappa shape index (κ1) is 18.0. The molecule has 2 rings (SSSR count). The van der Waals surface area contributed by atoms with Crippen molar-refractivity contribution in [3.63, 3.8) is 0 Å². The van der Waals surface area contributed by atoms with Crippen molar-refractivity contribution in [2.75, 3.05) is 0 Å². The molecule has 0 unspecified atom stereocenters. The second-order valence-electron chi connectivity index (χ2n) is 6.39. The lowest BCUT2D eigenvalue weighted by Gasteiger charge is -2.21. The molecule has 0 aliphatic rings. The van der Waals surface area contributed by atoms with Gasteiger partial charge in [0.05, 0.1) is 11.3 Å². The van der Waals surface area contributed by atoms with Crippen molar-refractivity contribution in [3.05, 3.63) is 58.9 Å². The third-order valence-electron chi connectivity index (χ3n) is 3.50. The molecular formula is C18H17F4NO. The number of alkyl halides is 3. The van der Waals surface area contributed by atoms with E-state index in [1.54, 1.807) is 18.2 Å². The lowest BCUT2D eigenvalue weighted by molar-refractivity contribution is -0.139. The third-order valence-corrected chi connectivity index (χ3v) is 3.50. The SMILES string of the molecule is CC(C)(C)c1cccc(C=Nc2cccc(C(F)(F)F)c2F)c1O. The fraction of sp³-hybridized carbons (Fsp3) is 0.278. The van der Waals surface area contributed by atoms with E-state index >= 15 is 0 Å². The van der Waals surface area contributed by atoms with Crippen molar-refractivity contribution in [2.45, 2.75) is 32.4 Å². The highest BCUT2D eigenvalue weighted by Crippen LogP contribution is 2.35. The van der Waals surface area contributed by atoms with Crippen molar-refractivity contribution < 1.29 is 22.7 Å². The van der Waals surface area contributed by atoms with Crippen LogP contribution < -0.4 is 0 Å². The Kier molecular flexibility index (Phi) is 4.69. The smallest absolute Gasteiger partial charge is 0.419 e. The largest absolute Gasteiger partial charge is 0.507 e. The van der Waals surface area contributed by atoms with Gasteiger partial charge in [-0.05, 0) is 29.2 Å². The zero-order valence-corrected chi connectivity index (χ0v) is 13.4. The number of rotatable bonds is 2. The lowest BCUT2D eigenvalue weighted by Crippen LogP contribution is -2.11. The number of para-hydroxylation sites is 1. The van der Waals surface area contributed by atoms with E-state index in [1.807, 2.05) is 20.8 Å². The van der Waals surface area contributed by atoms with Crippen LogP contribution in [0.15, 0.2) is 41.4 Å². The number of nitrogens with zero attached hydrogens (tertiary/aromatic N) is 1. The average molecular weight is 339 g/mol. The van der Waals surface area contributed by atoms with E-state index < -0.39 is 23.2 Å². The van der Waals surface area contributed by atoms with Gasteiger partial charge < -0.3 is 5.11 Å². The number of hydrogen-bond acceptors (Lipinski definition) is 2. The molecule has 2 aromatic carbocycles. The molecular weight excluding hydrogens is 322 g/mol. The Balaban J connectivity index is 2.44. The molecule has 24 heavy (non-hydrogen) atoms. The summed E-state index contributed by atoms with van der Waals surface area (Å²) in [7, 11) is 0. The van der Waals surface area contributed by atoms with Crippen molar-refractivity contribution in [3.8, 4) is 5.75 Å². The predicted molar refractivity (Wildman–Crippen MR) is 85.5 cm³/mol. The van der Waals surface area contributed by atoms with Gasteiger partial charge in [0.2, 0.25) is 0 Å². The van der Waals surface area contributed by atoms with Gasteiger partial charge in [-0.2, -0.15) is 13.2 Å². The Morgan fingerprint density at radius 2 is 1.54 bits per heavy atom. The monoisotopic (exact) mass is 339 g/mol. The number of aromatic hydroxyl groups is 1. The summed E-state index contributed by atoms with van der Waals surface area (Å²) in [5.41, 5.74) is -1.17. The first-order chi connectivity index (χ1) is 11.0. The summed E-state index contributed by atoms with van der Waals surface area (Å²) in [5, 5.41) is 10.3. The van der Waals surface area contributed by atoms with Crippen molar-refractivity contribution in [2.24, 2.45) is 4.99 Å². The number of benzene rings is 2. The summed E-state index contributed by atoms with van der Waals surface area (Å²) in [6.45, 7) is 5.74. The van der Waals surface area contributed by atoms with Crippen molar-refractivity contribution in [1.82, 2.24) is 0 Å². The van der Waals surface area contributed by atoms with Gasteiger partial charge in [0.1, 0.15) is 5.75 Å². The maximum Gasteiger partial charge on any atom is 0.419 e. The van der Waals surface area contributed by atoms with Gasteiger partial charge in [-0.15, -0.1) is 0 Å². The maximum atomic E-state index is 13.9. The molecule has 0 fully saturated rings. The molecule has 128 valence electrons. The van der Waals surface area contributed by atoms with E-state index in [1.165, 1.54) is 0 Å². The summed E-state index contributed by atoms with van der Waals surface area (Å²) >= 11 is 0. The van der Waals surface area contributed by atoms with Crippen LogP contribution in [0, 0.1) is 5.82 Å². The van der Waals surface area contributed by atoms with Crippen LogP contribution >= 0.6 is 0 Å². The van der Waals surface area contributed by atoms with E-state index in [0.717, 1.165) is 18.3 Å². The van der Waals surface area contributed by atoms with Crippen LogP contribution in [0.1, 0.15) is 37.5 Å². The molecule has 0 aliphatic heterocycles. The van der Waals surface area contributed by atoms with Gasteiger partial charge in [0, 0.05) is 11.8 Å². The van der Waals surface area contributed by atoms with Gasteiger partial charge in [-0.3, -0.25) is 4.99 Å². The van der Waals surface area contributed by atoms with E-state index in [9.17, 15) is 22.7 Å². The molecule has 0 bridgehead atoms. The van der Waals surface area contributed by atoms with E-state index in [4.69, 9.17) is 0 Å². The van der Waals surface area contributed by atoms with Gasteiger partial charge in [-0.1, -0.05) is 39.0 Å². The summed E-state index contributed by atoms with van der Waals surface area (Å²) in [6, 6.07) is 7.89. The lowest BCUT2D eigenvalue weighted by atomic mass is 9.85. The fourth-order valence-corrected chi connectivity index (χ4v) is 2.25. The second kappa shape index (κ2) is 6.26. The molecule has 0 radical (unpaired) electrons. The molecule has 1 N–H and O–H groups in total. The zero-order chi connectivity index (χ0) is 18.1. The highest BCUT2D eigenvalue weighted by Gasteiger charge is 2.34. The Labute approximate surface area is 137 Å². The quantitative estimate of drug-likeness (QED) is 0.561. The van der Waals surface area contributed by atoms with Crippen LogP contribution in [0.4, 0.5) is 23.2 Å². The zero-order valence-electron chi connectivity index (χ0n) is 13.4. The predicted octanol–water partition coefficient (Wildman–Crippen LogP) is 5.60. The Morgan fingerprint density at radius 3 is 2.12 bits per heavy atom. The van der Waals surface area contributed by atoms with Crippen molar-refractivity contribution in [1.29, 1.82) is 0 Å². The minimum absolute atomic E-state index is 0.0267. The van der Waals surface area contributed by atoms with Gasteiger partial charge in [0.15, 0.2) is 5.82 Å². The topological polar surface area (TPSA) is 32.6 Å². The summed E-state index contributed by atoms with van der Waals surface area (Å²) in [4.78, 5) is 3.77. The van der Waals surface area contributed by atoms with Crippen LogP contribution in [-0.4, -0.2) is 11.3 Å². The summed E-state index contributed by atoms with van der Waals surface area (Å²) in [5.74, 6) is -1.46. The highest BCUT2D eigenvalue weighted by atomic mass is 19.4.